The molecule has 5 nitrogen and oxygen atoms in total. The van der Waals surface area contributed by atoms with Crippen LogP contribution in [0.1, 0.15) is 18.1 Å². The summed E-state index contributed by atoms with van der Waals surface area (Å²) in [5, 5.41) is 2.57. The van der Waals surface area contributed by atoms with Crippen LogP contribution in [-0.2, 0) is 32.1 Å². The highest BCUT2D eigenvalue weighted by atomic mass is 19.1. The molecule has 6 heteroatoms. The van der Waals surface area contributed by atoms with Crippen molar-refractivity contribution in [1.82, 2.24) is 5.32 Å². The maximum Gasteiger partial charge on any atom is 0.328 e. The summed E-state index contributed by atoms with van der Waals surface area (Å²) in [7, 11) is 1.22. The third kappa shape index (κ3) is 5.67. The molecule has 0 spiro atoms. The predicted octanol–water partition coefficient (Wildman–Crippen LogP) is 2.63. The van der Waals surface area contributed by atoms with Gasteiger partial charge in [0.05, 0.1) is 13.7 Å². The van der Waals surface area contributed by atoms with Crippen molar-refractivity contribution in [3.8, 4) is 0 Å². The van der Waals surface area contributed by atoms with Gasteiger partial charge < -0.3 is 14.8 Å². The lowest BCUT2D eigenvalue weighted by molar-refractivity contribution is -0.147. The standard InChI is InChI=1S/C20H22FNO4/c1-14(26-13-15-8-4-3-5-9-15)19(23)22-18(20(24)25-2)12-16-10-6-7-11-17(16)21/h3-11,14,18H,12-13H2,1-2H3,(H,22,23)/t14-,18-/m0/s1. The second-order valence-electron chi connectivity index (χ2n) is 5.82. The van der Waals surface area contributed by atoms with E-state index >= 15 is 0 Å². The Hall–Kier alpha value is -2.73. The number of benzene rings is 2. The Kier molecular flexibility index (Phi) is 7.29. The first kappa shape index (κ1) is 19.6. The second kappa shape index (κ2) is 9.68. The van der Waals surface area contributed by atoms with E-state index in [2.05, 4.69) is 5.32 Å². The number of nitrogens with one attached hydrogen (secondary N) is 1. The van der Waals surface area contributed by atoms with Crippen LogP contribution in [-0.4, -0.2) is 31.1 Å². The second-order valence-corrected chi connectivity index (χ2v) is 5.82. The van der Waals surface area contributed by atoms with Gasteiger partial charge in [-0.15, -0.1) is 0 Å². The van der Waals surface area contributed by atoms with Gasteiger partial charge in [-0.25, -0.2) is 9.18 Å². The predicted molar refractivity (Wildman–Crippen MR) is 94.7 cm³/mol. The maximum atomic E-state index is 13.8. The van der Waals surface area contributed by atoms with Crippen LogP contribution in [0.15, 0.2) is 54.6 Å². The van der Waals surface area contributed by atoms with E-state index < -0.39 is 29.8 Å². The van der Waals surface area contributed by atoms with Crippen molar-refractivity contribution in [3.05, 3.63) is 71.5 Å². The molecule has 0 fully saturated rings. The van der Waals surface area contributed by atoms with E-state index in [4.69, 9.17) is 9.47 Å². The summed E-state index contributed by atoms with van der Waals surface area (Å²) in [5.74, 6) is -1.55. The zero-order valence-corrected chi connectivity index (χ0v) is 14.8. The highest BCUT2D eigenvalue weighted by Gasteiger charge is 2.25. The normalized spacial score (nSPS) is 12.9. The summed E-state index contributed by atoms with van der Waals surface area (Å²) in [4.78, 5) is 24.3. The molecule has 1 N–H and O–H groups in total. The van der Waals surface area contributed by atoms with E-state index in [1.165, 1.54) is 13.2 Å². The summed E-state index contributed by atoms with van der Waals surface area (Å²) < 4.78 is 24.1. The Morgan fingerprint density at radius 3 is 2.38 bits per heavy atom. The van der Waals surface area contributed by atoms with E-state index in [0.29, 0.717) is 5.56 Å². The molecule has 0 aliphatic rings. The number of rotatable bonds is 8. The highest BCUT2D eigenvalue weighted by molar-refractivity contribution is 5.86. The summed E-state index contributed by atoms with van der Waals surface area (Å²) >= 11 is 0. The van der Waals surface area contributed by atoms with Gasteiger partial charge in [-0.05, 0) is 24.1 Å². The van der Waals surface area contributed by atoms with E-state index in [9.17, 15) is 14.0 Å². The minimum absolute atomic E-state index is 0.00348. The fraction of sp³-hybridized carbons (Fsp3) is 0.300. The summed E-state index contributed by atoms with van der Waals surface area (Å²) in [5.41, 5.74) is 1.25. The molecule has 2 rings (SSSR count). The van der Waals surface area contributed by atoms with Crippen LogP contribution in [0.2, 0.25) is 0 Å². The van der Waals surface area contributed by atoms with Crippen molar-refractivity contribution in [2.24, 2.45) is 0 Å². The number of halogens is 1. The molecule has 0 bridgehead atoms. The lowest BCUT2D eigenvalue weighted by Crippen LogP contribution is -2.47. The van der Waals surface area contributed by atoms with Crippen molar-refractivity contribution < 1.29 is 23.5 Å². The van der Waals surface area contributed by atoms with Gasteiger partial charge in [-0.2, -0.15) is 0 Å². The van der Waals surface area contributed by atoms with E-state index in [0.717, 1.165) is 5.56 Å². The summed E-state index contributed by atoms with van der Waals surface area (Å²) in [6.45, 7) is 1.86. The number of ether oxygens (including phenoxy) is 2. The Morgan fingerprint density at radius 2 is 1.73 bits per heavy atom. The van der Waals surface area contributed by atoms with Crippen molar-refractivity contribution in [2.75, 3.05) is 7.11 Å². The molecule has 2 aromatic carbocycles. The molecule has 0 aliphatic heterocycles. The average Bonchev–Trinajstić information content (AvgIpc) is 2.67. The van der Waals surface area contributed by atoms with Crippen LogP contribution in [0.4, 0.5) is 4.39 Å². The molecular formula is C20H22FNO4. The monoisotopic (exact) mass is 359 g/mol. The van der Waals surface area contributed by atoms with Crippen LogP contribution in [0, 0.1) is 5.82 Å². The smallest absolute Gasteiger partial charge is 0.328 e. The first-order chi connectivity index (χ1) is 12.5. The number of carbonyl (C=O) groups excluding carboxylic acids is 2. The van der Waals surface area contributed by atoms with Gasteiger partial charge in [-0.1, -0.05) is 48.5 Å². The first-order valence-corrected chi connectivity index (χ1v) is 8.28. The Bertz CT molecular complexity index is 736. The molecule has 0 aromatic heterocycles. The average molecular weight is 359 g/mol. The molecule has 138 valence electrons. The number of hydrogen-bond acceptors (Lipinski definition) is 4. The van der Waals surface area contributed by atoms with Crippen molar-refractivity contribution in [3.63, 3.8) is 0 Å². The van der Waals surface area contributed by atoms with Crippen LogP contribution in [0.5, 0.6) is 0 Å². The molecule has 2 atom stereocenters. The first-order valence-electron chi connectivity index (χ1n) is 8.28. The fourth-order valence-corrected chi connectivity index (χ4v) is 2.38. The minimum Gasteiger partial charge on any atom is -0.467 e. The number of methoxy groups -OCH3 is 1. The topological polar surface area (TPSA) is 64.6 Å². The quantitative estimate of drug-likeness (QED) is 0.736. The van der Waals surface area contributed by atoms with Crippen LogP contribution < -0.4 is 5.32 Å². The van der Waals surface area contributed by atoms with Crippen molar-refractivity contribution in [1.29, 1.82) is 0 Å². The molecule has 0 saturated heterocycles. The molecule has 2 aromatic rings. The lowest BCUT2D eigenvalue weighted by Gasteiger charge is -2.20. The molecular weight excluding hydrogens is 337 g/mol. The van der Waals surface area contributed by atoms with E-state index in [1.54, 1.807) is 25.1 Å². The van der Waals surface area contributed by atoms with Crippen LogP contribution in [0.3, 0.4) is 0 Å². The third-order valence-electron chi connectivity index (χ3n) is 3.90. The molecule has 0 heterocycles. The third-order valence-corrected chi connectivity index (χ3v) is 3.90. The Morgan fingerprint density at radius 1 is 1.08 bits per heavy atom. The van der Waals surface area contributed by atoms with E-state index in [-0.39, 0.29) is 13.0 Å². The lowest BCUT2D eigenvalue weighted by atomic mass is 10.1. The number of hydrogen-bond donors (Lipinski definition) is 1. The molecule has 0 aliphatic carbocycles. The zero-order chi connectivity index (χ0) is 18.9. The van der Waals surface area contributed by atoms with Gasteiger partial charge in [0.1, 0.15) is 18.0 Å². The number of esters is 1. The van der Waals surface area contributed by atoms with Gasteiger partial charge >= 0.3 is 5.97 Å². The zero-order valence-electron chi connectivity index (χ0n) is 14.8. The van der Waals surface area contributed by atoms with Gasteiger partial charge in [0, 0.05) is 6.42 Å². The van der Waals surface area contributed by atoms with Crippen molar-refractivity contribution >= 4 is 11.9 Å². The van der Waals surface area contributed by atoms with Gasteiger partial charge in [0.25, 0.3) is 0 Å². The Balaban J connectivity index is 1.97. The van der Waals surface area contributed by atoms with Crippen molar-refractivity contribution in [2.45, 2.75) is 32.1 Å². The van der Waals surface area contributed by atoms with Gasteiger partial charge in [-0.3, -0.25) is 4.79 Å². The largest absolute Gasteiger partial charge is 0.467 e. The van der Waals surface area contributed by atoms with Crippen LogP contribution in [0.25, 0.3) is 0 Å². The van der Waals surface area contributed by atoms with Crippen LogP contribution >= 0.6 is 0 Å². The van der Waals surface area contributed by atoms with Gasteiger partial charge in [0.15, 0.2) is 0 Å². The maximum absolute atomic E-state index is 13.8. The molecule has 0 radical (unpaired) electrons. The number of amides is 1. The molecule has 0 unspecified atom stereocenters. The van der Waals surface area contributed by atoms with E-state index in [1.807, 2.05) is 30.3 Å². The minimum atomic E-state index is -0.993. The SMILES string of the molecule is COC(=O)[C@H](Cc1ccccc1F)NC(=O)[C@H](C)OCc1ccccc1. The summed E-state index contributed by atoms with van der Waals surface area (Å²) in [6, 6.07) is 14.5. The molecule has 1 amide bonds. The molecule has 26 heavy (non-hydrogen) atoms. The Labute approximate surface area is 152 Å². The number of carbonyl (C=O) groups is 2. The molecule has 0 saturated carbocycles. The highest BCUT2D eigenvalue weighted by Crippen LogP contribution is 2.11. The van der Waals surface area contributed by atoms with Gasteiger partial charge in [0.2, 0.25) is 5.91 Å². The summed E-state index contributed by atoms with van der Waals surface area (Å²) in [6.07, 6.45) is -0.778. The fourth-order valence-electron chi connectivity index (χ4n) is 2.38.